The van der Waals surface area contributed by atoms with Crippen molar-refractivity contribution in [1.82, 2.24) is 19.6 Å². The lowest BCUT2D eigenvalue weighted by Crippen LogP contribution is -2.45. The molecule has 0 saturated carbocycles. The Morgan fingerprint density at radius 1 is 0.583 bits per heavy atom. The number of carbonyl (C=O) groups is 2. The second kappa shape index (κ2) is 18.2. The standard InChI is InChI=1S/C30H58N4O2/c1-5-7-9-10-12-18-28-26-30(36)34(24-16-20-32(28)4)22-14-13-21-33-23-15-19-31(3)27(25-29(33)35)17-11-8-6-2/h27-28H,5-26H2,1-4H3/t27-,28-/m0/s1. The summed E-state index contributed by atoms with van der Waals surface area (Å²) in [4.78, 5) is 35.2. The van der Waals surface area contributed by atoms with Crippen molar-refractivity contribution in [1.29, 1.82) is 0 Å². The number of rotatable bonds is 15. The fourth-order valence-electron chi connectivity index (χ4n) is 5.95. The van der Waals surface area contributed by atoms with Gasteiger partial charge in [0, 0.05) is 51.1 Å². The Morgan fingerprint density at radius 3 is 1.47 bits per heavy atom. The summed E-state index contributed by atoms with van der Waals surface area (Å²) >= 11 is 0. The van der Waals surface area contributed by atoms with Gasteiger partial charge in [-0.3, -0.25) is 9.59 Å². The molecule has 0 spiro atoms. The Hall–Kier alpha value is -1.14. The van der Waals surface area contributed by atoms with Gasteiger partial charge in [-0.25, -0.2) is 0 Å². The van der Waals surface area contributed by atoms with Gasteiger partial charge in [-0.05, 0) is 65.7 Å². The molecule has 2 saturated heterocycles. The monoisotopic (exact) mass is 506 g/mol. The van der Waals surface area contributed by atoms with E-state index in [0.717, 1.165) is 77.8 Å². The van der Waals surface area contributed by atoms with E-state index >= 15 is 0 Å². The summed E-state index contributed by atoms with van der Waals surface area (Å²) < 4.78 is 0. The molecule has 2 heterocycles. The molecule has 2 fully saturated rings. The van der Waals surface area contributed by atoms with Gasteiger partial charge in [0.05, 0.1) is 0 Å². The first-order chi connectivity index (χ1) is 17.5. The van der Waals surface area contributed by atoms with Crippen molar-refractivity contribution in [3.8, 4) is 0 Å². The SMILES string of the molecule is CCCCCCC[C@H]1CC(=O)N(CCCCN2CCCN(C)[C@@H](CCCCC)CC2=O)CCCN1C. The molecule has 2 amide bonds. The summed E-state index contributed by atoms with van der Waals surface area (Å²) in [6, 6.07) is 0.784. The van der Waals surface area contributed by atoms with Crippen LogP contribution in [0.15, 0.2) is 0 Å². The lowest BCUT2D eigenvalue weighted by molar-refractivity contribution is -0.135. The average Bonchev–Trinajstić information content (AvgIpc) is 2.85. The molecule has 2 atom stereocenters. The largest absolute Gasteiger partial charge is 0.343 e. The van der Waals surface area contributed by atoms with Crippen LogP contribution in [0, 0.1) is 0 Å². The Bertz CT molecular complexity index is 614. The maximum absolute atomic E-state index is 13.1. The van der Waals surface area contributed by atoms with Crippen molar-refractivity contribution in [2.24, 2.45) is 0 Å². The first-order valence-electron chi connectivity index (χ1n) is 15.4. The van der Waals surface area contributed by atoms with Gasteiger partial charge in [0.1, 0.15) is 0 Å². The molecule has 0 aromatic carbocycles. The quantitative estimate of drug-likeness (QED) is 0.273. The minimum Gasteiger partial charge on any atom is -0.343 e. The number of unbranched alkanes of at least 4 members (excludes halogenated alkanes) is 7. The Labute approximate surface area is 223 Å². The highest BCUT2D eigenvalue weighted by molar-refractivity contribution is 5.77. The van der Waals surface area contributed by atoms with Crippen molar-refractivity contribution in [2.45, 2.75) is 129 Å². The van der Waals surface area contributed by atoms with E-state index in [9.17, 15) is 9.59 Å². The summed E-state index contributed by atoms with van der Waals surface area (Å²) in [5, 5.41) is 0. The third-order valence-electron chi connectivity index (χ3n) is 8.54. The minimum absolute atomic E-state index is 0.329. The van der Waals surface area contributed by atoms with Crippen LogP contribution in [0.5, 0.6) is 0 Å². The Morgan fingerprint density at radius 2 is 1.00 bits per heavy atom. The second-order valence-corrected chi connectivity index (χ2v) is 11.6. The van der Waals surface area contributed by atoms with E-state index in [4.69, 9.17) is 0 Å². The zero-order chi connectivity index (χ0) is 26.2. The maximum Gasteiger partial charge on any atom is 0.224 e. The van der Waals surface area contributed by atoms with Gasteiger partial charge in [-0.1, -0.05) is 65.2 Å². The van der Waals surface area contributed by atoms with E-state index in [0.29, 0.717) is 36.7 Å². The highest BCUT2D eigenvalue weighted by atomic mass is 16.2. The van der Waals surface area contributed by atoms with Gasteiger partial charge >= 0.3 is 0 Å². The molecule has 0 aromatic rings. The van der Waals surface area contributed by atoms with Gasteiger partial charge in [-0.2, -0.15) is 0 Å². The lowest BCUT2D eigenvalue weighted by atomic mass is 10.0. The highest BCUT2D eigenvalue weighted by Gasteiger charge is 2.26. The van der Waals surface area contributed by atoms with E-state index in [1.807, 2.05) is 0 Å². The molecule has 0 unspecified atom stereocenters. The topological polar surface area (TPSA) is 47.1 Å². The van der Waals surface area contributed by atoms with Crippen LogP contribution in [-0.2, 0) is 9.59 Å². The molecule has 6 nitrogen and oxygen atoms in total. The third-order valence-corrected chi connectivity index (χ3v) is 8.54. The molecular formula is C30H58N4O2. The van der Waals surface area contributed by atoms with Crippen LogP contribution in [0.25, 0.3) is 0 Å². The second-order valence-electron chi connectivity index (χ2n) is 11.6. The van der Waals surface area contributed by atoms with Crippen molar-refractivity contribution in [3.05, 3.63) is 0 Å². The summed E-state index contributed by atoms with van der Waals surface area (Å²) in [7, 11) is 4.39. The number of hydrogen-bond donors (Lipinski definition) is 0. The summed E-state index contributed by atoms with van der Waals surface area (Å²) in [5.41, 5.74) is 0. The zero-order valence-corrected chi connectivity index (χ0v) is 24.3. The fourth-order valence-corrected chi connectivity index (χ4v) is 5.95. The molecule has 2 aliphatic rings. The van der Waals surface area contributed by atoms with E-state index < -0.39 is 0 Å². The molecule has 2 rings (SSSR count). The van der Waals surface area contributed by atoms with Gasteiger partial charge < -0.3 is 19.6 Å². The molecule has 0 bridgehead atoms. The first-order valence-corrected chi connectivity index (χ1v) is 15.4. The van der Waals surface area contributed by atoms with E-state index in [-0.39, 0.29) is 0 Å². The van der Waals surface area contributed by atoms with Crippen LogP contribution < -0.4 is 0 Å². The highest BCUT2D eigenvalue weighted by Crippen LogP contribution is 2.19. The van der Waals surface area contributed by atoms with E-state index in [1.165, 1.54) is 51.4 Å². The molecule has 2 aliphatic heterocycles. The van der Waals surface area contributed by atoms with Gasteiger partial charge in [0.25, 0.3) is 0 Å². The molecule has 0 radical (unpaired) electrons. The van der Waals surface area contributed by atoms with Crippen molar-refractivity contribution in [2.75, 3.05) is 53.4 Å². The minimum atomic E-state index is 0.329. The van der Waals surface area contributed by atoms with Crippen LogP contribution >= 0.6 is 0 Å². The molecule has 0 aliphatic carbocycles. The fraction of sp³-hybridized carbons (Fsp3) is 0.933. The Kier molecular flexibility index (Phi) is 15.7. The predicted molar refractivity (Wildman–Crippen MR) is 151 cm³/mol. The van der Waals surface area contributed by atoms with Gasteiger partial charge in [0.2, 0.25) is 11.8 Å². The summed E-state index contributed by atoms with van der Waals surface area (Å²) in [5.74, 6) is 0.663. The molecule has 0 N–H and O–H groups in total. The zero-order valence-electron chi connectivity index (χ0n) is 24.3. The van der Waals surface area contributed by atoms with Crippen LogP contribution in [0.2, 0.25) is 0 Å². The van der Waals surface area contributed by atoms with Crippen molar-refractivity contribution in [3.63, 3.8) is 0 Å². The van der Waals surface area contributed by atoms with Crippen LogP contribution in [0.3, 0.4) is 0 Å². The van der Waals surface area contributed by atoms with Crippen LogP contribution in [-0.4, -0.2) is 96.9 Å². The van der Waals surface area contributed by atoms with Crippen LogP contribution in [0.4, 0.5) is 0 Å². The lowest BCUT2D eigenvalue weighted by Gasteiger charge is -2.35. The smallest absolute Gasteiger partial charge is 0.224 e. The maximum atomic E-state index is 13.1. The van der Waals surface area contributed by atoms with E-state index in [2.05, 4.69) is 47.5 Å². The first kappa shape index (κ1) is 31.1. The molecule has 36 heavy (non-hydrogen) atoms. The summed E-state index contributed by atoms with van der Waals surface area (Å²) in [6.45, 7) is 10.1. The average molecular weight is 507 g/mol. The Balaban J connectivity index is 1.74. The summed E-state index contributed by atoms with van der Waals surface area (Å²) in [6.07, 6.45) is 17.9. The third kappa shape index (κ3) is 11.5. The number of amides is 2. The van der Waals surface area contributed by atoms with Crippen LogP contribution in [0.1, 0.15) is 117 Å². The number of carbonyl (C=O) groups excluding carboxylic acids is 2. The molecule has 210 valence electrons. The normalized spacial score (nSPS) is 23.4. The van der Waals surface area contributed by atoms with Gasteiger partial charge in [0.15, 0.2) is 0 Å². The predicted octanol–water partition coefficient (Wildman–Crippen LogP) is 5.55. The van der Waals surface area contributed by atoms with Crippen molar-refractivity contribution >= 4 is 11.8 Å². The van der Waals surface area contributed by atoms with Crippen molar-refractivity contribution < 1.29 is 9.59 Å². The molecule has 6 heteroatoms. The molecule has 0 aromatic heterocycles. The number of nitrogens with zero attached hydrogens (tertiary/aromatic N) is 4. The van der Waals surface area contributed by atoms with E-state index in [1.54, 1.807) is 0 Å². The van der Waals surface area contributed by atoms with Gasteiger partial charge in [-0.15, -0.1) is 0 Å². The number of hydrogen-bond acceptors (Lipinski definition) is 4. The molecular weight excluding hydrogens is 448 g/mol.